The molecule has 5 rings (SSSR count). The largest absolute Gasteiger partial charge is 0.361 e. The molecule has 5 nitrogen and oxygen atoms in total. The van der Waals surface area contributed by atoms with E-state index in [-0.39, 0.29) is 0 Å². The van der Waals surface area contributed by atoms with Crippen LogP contribution in [0.2, 0.25) is 0 Å². The van der Waals surface area contributed by atoms with E-state index in [0.717, 1.165) is 30.6 Å². The minimum Gasteiger partial charge on any atom is -0.361 e. The van der Waals surface area contributed by atoms with Crippen LogP contribution in [-0.4, -0.2) is 26.3 Å². The average Bonchev–Trinajstić information content (AvgIpc) is 3.09. The topological polar surface area (TPSA) is 72.5 Å². The average molecular weight is 307 g/mol. The van der Waals surface area contributed by atoms with Crippen molar-refractivity contribution in [3.8, 4) is 11.3 Å². The van der Waals surface area contributed by atoms with Crippen LogP contribution in [0.1, 0.15) is 43.3 Å². The number of nitrogens with two attached hydrogens (primary N) is 1. The second-order valence-corrected chi connectivity index (χ2v) is 7.01. The van der Waals surface area contributed by atoms with Crippen molar-refractivity contribution in [2.24, 2.45) is 11.7 Å². The Balaban J connectivity index is 1.59. The molecule has 23 heavy (non-hydrogen) atoms. The quantitative estimate of drug-likeness (QED) is 0.777. The third kappa shape index (κ3) is 2.10. The SMILES string of the molecule is NC[C@H]1C[C@H](n2cc(-c3nccc4[nH]ccc34)c(C3CC3)n2)C1. The summed E-state index contributed by atoms with van der Waals surface area (Å²) in [7, 11) is 0. The van der Waals surface area contributed by atoms with Gasteiger partial charge in [0.05, 0.1) is 17.4 Å². The monoisotopic (exact) mass is 307 g/mol. The second-order valence-electron chi connectivity index (χ2n) is 7.01. The second kappa shape index (κ2) is 4.93. The van der Waals surface area contributed by atoms with Gasteiger partial charge in [0.2, 0.25) is 0 Å². The normalized spacial score (nSPS) is 24.0. The predicted octanol–water partition coefficient (Wildman–Crippen LogP) is 3.21. The van der Waals surface area contributed by atoms with Crippen LogP contribution in [0.5, 0.6) is 0 Å². The maximum Gasteiger partial charge on any atom is 0.0830 e. The summed E-state index contributed by atoms with van der Waals surface area (Å²) in [4.78, 5) is 7.95. The number of hydrogen-bond acceptors (Lipinski definition) is 3. The van der Waals surface area contributed by atoms with E-state index in [1.165, 1.54) is 29.5 Å². The van der Waals surface area contributed by atoms with Gasteiger partial charge in [0, 0.05) is 41.0 Å². The van der Waals surface area contributed by atoms with Gasteiger partial charge in [-0.3, -0.25) is 9.67 Å². The Bertz CT molecular complexity index is 851. The lowest BCUT2D eigenvalue weighted by Crippen LogP contribution is -2.32. The first-order valence-electron chi connectivity index (χ1n) is 8.55. The highest BCUT2D eigenvalue weighted by atomic mass is 15.3. The minimum atomic E-state index is 0.514. The molecule has 2 aliphatic rings. The molecule has 3 aromatic heterocycles. The lowest BCUT2D eigenvalue weighted by Gasteiger charge is -2.34. The maximum absolute atomic E-state index is 5.77. The Morgan fingerprint density at radius 3 is 2.91 bits per heavy atom. The van der Waals surface area contributed by atoms with Gasteiger partial charge in [0.15, 0.2) is 0 Å². The fourth-order valence-electron chi connectivity index (χ4n) is 3.74. The third-order valence-corrected chi connectivity index (χ3v) is 5.38. The first-order chi connectivity index (χ1) is 11.3. The van der Waals surface area contributed by atoms with Crippen LogP contribution in [0.15, 0.2) is 30.7 Å². The van der Waals surface area contributed by atoms with Gasteiger partial charge in [0.25, 0.3) is 0 Å². The van der Waals surface area contributed by atoms with Crippen molar-refractivity contribution in [2.45, 2.75) is 37.6 Å². The van der Waals surface area contributed by atoms with Crippen LogP contribution in [0.3, 0.4) is 0 Å². The van der Waals surface area contributed by atoms with Crippen LogP contribution >= 0.6 is 0 Å². The van der Waals surface area contributed by atoms with E-state index in [1.807, 2.05) is 18.5 Å². The Hall–Kier alpha value is -2.14. The van der Waals surface area contributed by atoms with Crippen LogP contribution in [-0.2, 0) is 0 Å². The molecule has 0 aromatic carbocycles. The zero-order valence-corrected chi connectivity index (χ0v) is 13.1. The van der Waals surface area contributed by atoms with Crippen molar-refractivity contribution in [1.82, 2.24) is 19.7 Å². The van der Waals surface area contributed by atoms with Crippen molar-refractivity contribution in [2.75, 3.05) is 6.54 Å². The molecule has 0 radical (unpaired) electrons. The molecule has 0 spiro atoms. The molecule has 3 N–H and O–H groups in total. The number of H-pyrrole nitrogens is 1. The maximum atomic E-state index is 5.77. The molecular formula is C18H21N5. The summed E-state index contributed by atoms with van der Waals surface area (Å²) >= 11 is 0. The molecule has 2 aliphatic carbocycles. The first kappa shape index (κ1) is 13.3. The van der Waals surface area contributed by atoms with Gasteiger partial charge in [-0.15, -0.1) is 0 Å². The summed E-state index contributed by atoms with van der Waals surface area (Å²) in [6.45, 7) is 0.796. The molecule has 5 heteroatoms. The summed E-state index contributed by atoms with van der Waals surface area (Å²) in [5, 5.41) is 6.14. The zero-order chi connectivity index (χ0) is 15.4. The summed E-state index contributed by atoms with van der Waals surface area (Å²) in [5.74, 6) is 1.29. The Morgan fingerprint density at radius 2 is 2.13 bits per heavy atom. The molecule has 3 aromatic rings. The highest BCUT2D eigenvalue weighted by Crippen LogP contribution is 2.46. The smallest absolute Gasteiger partial charge is 0.0830 e. The molecule has 0 unspecified atom stereocenters. The molecule has 0 bridgehead atoms. The van der Waals surface area contributed by atoms with Gasteiger partial charge >= 0.3 is 0 Å². The van der Waals surface area contributed by atoms with Crippen molar-refractivity contribution in [3.63, 3.8) is 0 Å². The van der Waals surface area contributed by atoms with Gasteiger partial charge in [-0.1, -0.05) is 0 Å². The van der Waals surface area contributed by atoms with Crippen LogP contribution in [0, 0.1) is 5.92 Å². The lowest BCUT2D eigenvalue weighted by molar-refractivity contribution is 0.189. The molecule has 2 saturated carbocycles. The third-order valence-electron chi connectivity index (χ3n) is 5.38. The number of nitrogens with zero attached hydrogens (tertiary/aromatic N) is 3. The van der Waals surface area contributed by atoms with Crippen LogP contribution < -0.4 is 5.73 Å². The van der Waals surface area contributed by atoms with E-state index in [0.29, 0.717) is 17.9 Å². The van der Waals surface area contributed by atoms with Gasteiger partial charge in [-0.2, -0.15) is 5.10 Å². The first-order valence-corrected chi connectivity index (χ1v) is 8.55. The van der Waals surface area contributed by atoms with Crippen molar-refractivity contribution in [1.29, 1.82) is 0 Å². The van der Waals surface area contributed by atoms with E-state index >= 15 is 0 Å². The van der Waals surface area contributed by atoms with Crippen LogP contribution in [0.4, 0.5) is 0 Å². The molecule has 0 saturated heterocycles. The van der Waals surface area contributed by atoms with Crippen molar-refractivity contribution >= 4 is 10.9 Å². The highest BCUT2D eigenvalue weighted by Gasteiger charge is 2.34. The Kier molecular flexibility index (Phi) is 2.85. The van der Waals surface area contributed by atoms with E-state index in [2.05, 4.69) is 26.9 Å². The number of hydrogen-bond donors (Lipinski definition) is 2. The lowest BCUT2D eigenvalue weighted by atomic mass is 9.80. The Labute approximate surface area is 134 Å². The number of nitrogens with one attached hydrogen (secondary N) is 1. The molecule has 0 atom stereocenters. The van der Waals surface area contributed by atoms with E-state index in [4.69, 9.17) is 10.8 Å². The van der Waals surface area contributed by atoms with Gasteiger partial charge in [-0.25, -0.2) is 0 Å². The number of aromatic amines is 1. The summed E-state index contributed by atoms with van der Waals surface area (Å²) < 4.78 is 2.18. The molecular weight excluding hydrogens is 286 g/mol. The number of rotatable bonds is 4. The van der Waals surface area contributed by atoms with E-state index in [1.54, 1.807) is 0 Å². The fourth-order valence-corrected chi connectivity index (χ4v) is 3.74. The predicted molar refractivity (Wildman–Crippen MR) is 90.1 cm³/mol. The Morgan fingerprint density at radius 1 is 1.26 bits per heavy atom. The van der Waals surface area contributed by atoms with Crippen molar-refractivity contribution in [3.05, 3.63) is 36.4 Å². The number of fused-ring (bicyclic) bond motifs is 1. The van der Waals surface area contributed by atoms with Crippen molar-refractivity contribution < 1.29 is 0 Å². The molecule has 118 valence electrons. The fraction of sp³-hybridized carbons (Fsp3) is 0.444. The van der Waals surface area contributed by atoms with Gasteiger partial charge < -0.3 is 10.7 Å². The highest BCUT2D eigenvalue weighted by molar-refractivity contribution is 5.93. The minimum absolute atomic E-state index is 0.514. The van der Waals surface area contributed by atoms with Gasteiger partial charge in [0.1, 0.15) is 0 Å². The zero-order valence-electron chi connectivity index (χ0n) is 13.1. The number of aromatic nitrogens is 4. The summed E-state index contributed by atoms with van der Waals surface area (Å²) in [6, 6.07) is 4.65. The van der Waals surface area contributed by atoms with E-state index < -0.39 is 0 Å². The molecule has 3 heterocycles. The van der Waals surface area contributed by atoms with Gasteiger partial charge in [-0.05, 0) is 50.3 Å². The summed E-state index contributed by atoms with van der Waals surface area (Å²) in [6.07, 6.45) is 10.9. The molecule has 0 amide bonds. The molecule has 0 aliphatic heterocycles. The number of pyridine rings is 1. The van der Waals surface area contributed by atoms with E-state index in [9.17, 15) is 0 Å². The van der Waals surface area contributed by atoms with Crippen LogP contribution in [0.25, 0.3) is 22.2 Å². The summed E-state index contributed by atoms with van der Waals surface area (Å²) in [5.41, 5.74) is 10.4. The molecule has 2 fully saturated rings. The standard InChI is InChI=1S/C18H21N5/c19-9-11-7-13(8-11)23-10-15(17(22-23)12-1-2-12)18-14-3-5-20-16(14)4-6-21-18/h3-6,10-13,20H,1-2,7-9,19H2/t11-,13-.